The molecule has 3 rings (SSSR count). The number of carboxylic acid groups (broad SMARTS) is 1. The van der Waals surface area contributed by atoms with Crippen molar-refractivity contribution in [3.05, 3.63) is 60.7 Å². The van der Waals surface area contributed by atoms with Gasteiger partial charge >= 0.3 is 5.97 Å². The lowest BCUT2D eigenvalue weighted by atomic mass is 9.99. The number of aliphatic carboxylic acids is 1. The van der Waals surface area contributed by atoms with Crippen molar-refractivity contribution in [1.82, 2.24) is 0 Å². The number of carboxylic acids is 1. The minimum atomic E-state index is -0.764. The number of carbonyl (C=O) groups is 1. The van der Waals surface area contributed by atoms with Gasteiger partial charge in [-0.2, -0.15) is 0 Å². The SMILES string of the molecule is O=C(O)C1C#CCCCCC1.c1ccc(-c2ccccc2)cc1. The summed E-state index contributed by atoms with van der Waals surface area (Å²) in [5, 5.41) is 8.65. The van der Waals surface area contributed by atoms with Crippen molar-refractivity contribution in [3.63, 3.8) is 0 Å². The molecule has 1 unspecified atom stereocenters. The summed E-state index contributed by atoms with van der Waals surface area (Å²) in [6.45, 7) is 0. The molecule has 2 heteroatoms. The minimum Gasteiger partial charge on any atom is -0.480 e. The number of hydrogen-bond acceptors (Lipinski definition) is 1. The molecule has 0 bridgehead atoms. The maximum Gasteiger partial charge on any atom is 0.318 e. The summed E-state index contributed by atoms with van der Waals surface area (Å²) in [6.07, 6.45) is 4.84. The molecule has 0 saturated heterocycles. The molecule has 23 heavy (non-hydrogen) atoms. The largest absolute Gasteiger partial charge is 0.480 e. The molecule has 1 aliphatic rings. The summed E-state index contributed by atoms with van der Waals surface area (Å²) in [7, 11) is 0. The van der Waals surface area contributed by atoms with E-state index in [0.717, 1.165) is 32.1 Å². The molecule has 1 atom stereocenters. The first-order valence-corrected chi connectivity index (χ1v) is 8.09. The summed E-state index contributed by atoms with van der Waals surface area (Å²) in [4.78, 5) is 10.5. The number of rotatable bonds is 2. The van der Waals surface area contributed by atoms with Gasteiger partial charge in [-0.3, -0.25) is 4.79 Å². The van der Waals surface area contributed by atoms with E-state index in [4.69, 9.17) is 5.11 Å². The van der Waals surface area contributed by atoms with E-state index >= 15 is 0 Å². The lowest BCUT2D eigenvalue weighted by Crippen LogP contribution is -2.11. The smallest absolute Gasteiger partial charge is 0.318 e. The Morgan fingerprint density at radius 3 is 1.96 bits per heavy atom. The van der Waals surface area contributed by atoms with Crippen LogP contribution in [0.5, 0.6) is 0 Å². The Hall–Kier alpha value is -2.53. The van der Waals surface area contributed by atoms with Crippen LogP contribution in [-0.2, 0) is 4.79 Å². The Bertz CT molecular complexity index is 613. The van der Waals surface area contributed by atoms with Gasteiger partial charge in [0.25, 0.3) is 0 Å². The third-order valence-corrected chi connectivity index (χ3v) is 3.75. The molecular weight excluding hydrogens is 284 g/mol. The maximum atomic E-state index is 10.5. The summed E-state index contributed by atoms with van der Waals surface area (Å²) < 4.78 is 0. The van der Waals surface area contributed by atoms with Gasteiger partial charge in [0.2, 0.25) is 0 Å². The van der Waals surface area contributed by atoms with Crippen molar-refractivity contribution < 1.29 is 9.90 Å². The van der Waals surface area contributed by atoms with Crippen molar-refractivity contribution in [3.8, 4) is 23.0 Å². The average molecular weight is 306 g/mol. The predicted molar refractivity (Wildman–Crippen MR) is 93.9 cm³/mol. The highest BCUT2D eigenvalue weighted by molar-refractivity contribution is 5.73. The van der Waals surface area contributed by atoms with Crippen LogP contribution in [0.2, 0.25) is 0 Å². The molecule has 0 heterocycles. The van der Waals surface area contributed by atoms with Crippen molar-refractivity contribution in [2.75, 3.05) is 0 Å². The van der Waals surface area contributed by atoms with Gasteiger partial charge in [0.05, 0.1) is 0 Å². The Morgan fingerprint density at radius 1 is 0.870 bits per heavy atom. The highest BCUT2D eigenvalue weighted by Crippen LogP contribution is 2.17. The molecular formula is C21H22O2. The molecule has 0 spiro atoms. The fraction of sp³-hybridized carbons (Fsp3) is 0.286. The lowest BCUT2D eigenvalue weighted by Gasteiger charge is -2.06. The van der Waals surface area contributed by atoms with E-state index in [1.165, 1.54) is 11.1 Å². The number of hydrogen-bond donors (Lipinski definition) is 1. The van der Waals surface area contributed by atoms with Crippen LogP contribution in [-0.4, -0.2) is 11.1 Å². The Labute approximate surface area is 138 Å². The molecule has 0 amide bonds. The quantitative estimate of drug-likeness (QED) is 0.792. The van der Waals surface area contributed by atoms with E-state index < -0.39 is 11.9 Å². The third-order valence-electron chi connectivity index (χ3n) is 3.75. The van der Waals surface area contributed by atoms with Gasteiger partial charge in [-0.05, 0) is 24.0 Å². The molecule has 1 N–H and O–H groups in total. The normalized spacial score (nSPS) is 16.6. The van der Waals surface area contributed by atoms with Crippen LogP contribution in [0.15, 0.2) is 60.7 Å². The van der Waals surface area contributed by atoms with Crippen molar-refractivity contribution >= 4 is 5.97 Å². The molecule has 2 aromatic rings. The van der Waals surface area contributed by atoms with E-state index in [0.29, 0.717) is 0 Å². The highest BCUT2D eigenvalue weighted by Gasteiger charge is 2.14. The van der Waals surface area contributed by atoms with Gasteiger partial charge in [0, 0.05) is 6.42 Å². The zero-order valence-electron chi connectivity index (χ0n) is 13.2. The average Bonchev–Trinajstić information content (AvgIpc) is 2.56. The fourth-order valence-corrected chi connectivity index (χ4v) is 2.45. The van der Waals surface area contributed by atoms with Crippen molar-refractivity contribution in [2.45, 2.75) is 32.1 Å². The second-order valence-corrected chi connectivity index (χ2v) is 5.54. The van der Waals surface area contributed by atoms with Crippen LogP contribution in [0.4, 0.5) is 0 Å². The molecule has 1 aliphatic carbocycles. The Kier molecular flexibility index (Phi) is 6.94. The third kappa shape index (κ3) is 6.00. The molecule has 0 radical (unpaired) electrons. The Balaban J connectivity index is 0.000000168. The fourth-order valence-electron chi connectivity index (χ4n) is 2.45. The minimum absolute atomic E-state index is 0.407. The Morgan fingerprint density at radius 2 is 1.43 bits per heavy atom. The van der Waals surface area contributed by atoms with Gasteiger partial charge in [-0.25, -0.2) is 0 Å². The second kappa shape index (κ2) is 9.48. The molecule has 0 fully saturated rings. The van der Waals surface area contributed by atoms with E-state index in [1.807, 2.05) is 12.1 Å². The lowest BCUT2D eigenvalue weighted by molar-refractivity contribution is -0.139. The zero-order chi connectivity index (χ0) is 16.3. The molecule has 2 aromatic carbocycles. The maximum absolute atomic E-state index is 10.5. The van der Waals surface area contributed by atoms with Crippen LogP contribution >= 0.6 is 0 Å². The first-order valence-electron chi connectivity index (χ1n) is 8.09. The van der Waals surface area contributed by atoms with Gasteiger partial charge in [0.15, 0.2) is 0 Å². The van der Waals surface area contributed by atoms with E-state index in [9.17, 15) is 4.79 Å². The van der Waals surface area contributed by atoms with Gasteiger partial charge in [0.1, 0.15) is 5.92 Å². The van der Waals surface area contributed by atoms with E-state index in [-0.39, 0.29) is 0 Å². The van der Waals surface area contributed by atoms with Gasteiger partial charge in [-0.15, -0.1) is 5.92 Å². The van der Waals surface area contributed by atoms with Gasteiger partial charge < -0.3 is 5.11 Å². The van der Waals surface area contributed by atoms with Crippen LogP contribution in [0.3, 0.4) is 0 Å². The van der Waals surface area contributed by atoms with Crippen LogP contribution in [0.1, 0.15) is 32.1 Å². The molecule has 2 nitrogen and oxygen atoms in total. The number of benzene rings is 2. The standard InChI is InChI=1S/C12H10.C9H12O2/c1-3-7-11(8-4-1)12-9-5-2-6-10-12;10-9(11)8-6-4-2-1-3-5-7-8/h1-10H;8H,1-4,6H2,(H,10,11). The van der Waals surface area contributed by atoms with E-state index in [2.05, 4.69) is 60.4 Å². The van der Waals surface area contributed by atoms with Crippen molar-refractivity contribution in [1.29, 1.82) is 0 Å². The molecule has 0 aromatic heterocycles. The molecule has 0 aliphatic heterocycles. The summed E-state index contributed by atoms with van der Waals surface area (Å²) in [6, 6.07) is 20.8. The van der Waals surface area contributed by atoms with Crippen LogP contribution < -0.4 is 0 Å². The highest BCUT2D eigenvalue weighted by atomic mass is 16.4. The topological polar surface area (TPSA) is 37.3 Å². The summed E-state index contributed by atoms with van der Waals surface area (Å²) in [5.74, 6) is 4.49. The summed E-state index contributed by atoms with van der Waals surface area (Å²) in [5.41, 5.74) is 2.55. The first kappa shape index (κ1) is 16.8. The van der Waals surface area contributed by atoms with Gasteiger partial charge in [-0.1, -0.05) is 79.4 Å². The first-order chi connectivity index (χ1) is 11.3. The zero-order valence-corrected chi connectivity index (χ0v) is 13.2. The monoisotopic (exact) mass is 306 g/mol. The predicted octanol–water partition coefficient (Wildman–Crippen LogP) is 5.01. The molecule has 118 valence electrons. The van der Waals surface area contributed by atoms with Crippen LogP contribution in [0, 0.1) is 17.8 Å². The van der Waals surface area contributed by atoms with Crippen molar-refractivity contribution in [2.24, 2.45) is 5.92 Å². The van der Waals surface area contributed by atoms with E-state index in [1.54, 1.807) is 0 Å². The summed E-state index contributed by atoms with van der Waals surface area (Å²) >= 11 is 0. The molecule has 0 saturated carbocycles. The van der Waals surface area contributed by atoms with Crippen LogP contribution in [0.25, 0.3) is 11.1 Å². The second-order valence-electron chi connectivity index (χ2n) is 5.54.